The predicted octanol–water partition coefficient (Wildman–Crippen LogP) is 0.0942. The molecule has 1 saturated heterocycles. The zero-order valence-corrected chi connectivity index (χ0v) is 12.0. The summed E-state index contributed by atoms with van der Waals surface area (Å²) in [4.78, 5) is 32.4. The van der Waals surface area contributed by atoms with Gasteiger partial charge in [-0.05, 0) is 31.8 Å². The highest BCUT2D eigenvalue weighted by atomic mass is 16.2. The first-order valence-corrected chi connectivity index (χ1v) is 7.18. The zero-order chi connectivity index (χ0) is 14.8. The normalized spacial score (nSPS) is 18.8. The monoisotopic (exact) mass is 289 g/mol. The van der Waals surface area contributed by atoms with Gasteiger partial charge in [-0.2, -0.15) is 0 Å². The molecule has 1 aliphatic rings. The van der Waals surface area contributed by atoms with Crippen LogP contribution < -0.4 is 10.9 Å². The highest BCUT2D eigenvalue weighted by Gasteiger charge is 2.21. The number of aromatic nitrogens is 3. The number of hydrogen-bond acceptors (Lipinski definition) is 4. The van der Waals surface area contributed by atoms with Crippen molar-refractivity contribution in [2.24, 2.45) is 5.92 Å². The lowest BCUT2D eigenvalue weighted by Crippen LogP contribution is -2.39. The summed E-state index contributed by atoms with van der Waals surface area (Å²) in [5.74, 6) is 0.330. The number of nitrogens with zero attached hydrogens (tertiary/aromatic N) is 3. The van der Waals surface area contributed by atoms with E-state index in [0.29, 0.717) is 18.2 Å². The molecule has 7 heteroatoms. The molecule has 0 radical (unpaired) electrons. The van der Waals surface area contributed by atoms with E-state index in [2.05, 4.69) is 15.3 Å². The van der Waals surface area contributed by atoms with Crippen molar-refractivity contribution in [3.63, 3.8) is 0 Å². The van der Waals surface area contributed by atoms with Gasteiger partial charge in [0, 0.05) is 32.2 Å². The van der Waals surface area contributed by atoms with Gasteiger partial charge in [0.2, 0.25) is 5.65 Å². The van der Waals surface area contributed by atoms with Gasteiger partial charge in [-0.1, -0.05) is 0 Å². The van der Waals surface area contributed by atoms with Crippen molar-refractivity contribution in [3.8, 4) is 0 Å². The maximum atomic E-state index is 12.4. The summed E-state index contributed by atoms with van der Waals surface area (Å²) in [6.07, 6.45) is 7.09. The first-order valence-electron chi connectivity index (χ1n) is 7.18. The second-order valence-electron chi connectivity index (χ2n) is 5.54. The second kappa shape index (κ2) is 5.69. The van der Waals surface area contributed by atoms with Crippen LogP contribution in [0.15, 0.2) is 23.4 Å². The van der Waals surface area contributed by atoms with Crippen LogP contribution in [-0.4, -0.2) is 51.9 Å². The molecule has 7 nitrogen and oxygen atoms in total. The fraction of sp³-hybridized carbons (Fsp3) is 0.500. The lowest BCUT2D eigenvalue weighted by molar-refractivity contribution is 0.0759. The number of carbonyl (C=O) groups excluding carboxylic acids is 1. The Hall–Kier alpha value is -2.15. The van der Waals surface area contributed by atoms with E-state index in [1.165, 1.54) is 6.20 Å². The number of aromatic amines is 1. The van der Waals surface area contributed by atoms with E-state index in [1.54, 1.807) is 28.7 Å². The third kappa shape index (κ3) is 2.82. The van der Waals surface area contributed by atoms with E-state index >= 15 is 0 Å². The Morgan fingerprint density at radius 3 is 3.14 bits per heavy atom. The highest BCUT2D eigenvalue weighted by molar-refractivity contribution is 5.92. The quantitative estimate of drug-likeness (QED) is 0.839. The van der Waals surface area contributed by atoms with Gasteiger partial charge in [0.05, 0.1) is 0 Å². The Labute approximate surface area is 122 Å². The molecule has 2 aromatic heterocycles. The third-order valence-electron chi connectivity index (χ3n) is 3.88. The molecule has 112 valence electrons. The van der Waals surface area contributed by atoms with Crippen LogP contribution in [-0.2, 0) is 0 Å². The van der Waals surface area contributed by atoms with Crippen molar-refractivity contribution in [1.29, 1.82) is 0 Å². The van der Waals surface area contributed by atoms with E-state index in [-0.39, 0.29) is 17.1 Å². The van der Waals surface area contributed by atoms with Crippen molar-refractivity contribution in [3.05, 3.63) is 34.6 Å². The molecule has 1 atom stereocenters. The molecular formula is C14H19N5O2. The molecule has 0 aliphatic carbocycles. The van der Waals surface area contributed by atoms with Crippen LogP contribution >= 0.6 is 0 Å². The summed E-state index contributed by atoms with van der Waals surface area (Å²) in [6, 6.07) is 0. The Kier molecular flexibility index (Phi) is 3.74. The van der Waals surface area contributed by atoms with Crippen LogP contribution in [0.1, 0.15) is 23.3 Å². The molecule has 3 heterocycles. The van der Waals surface area contributed by atoms with Crippen molar-refractivity contribution in [2.45, 2.75) is 12.8 Å². The minimum absolute atomic E-state index is 0.149. The van der Waals surface area contributed by atoms with E-state index in [9.17, 15) is 9.59 Å². The summed E-state index contributed by atoms with van der Waals surface area (Å²) in [7, 11) is 1.78. The number of rotatable bonds is 3. The average Bonchev–Trinajstić information content (AvgIpc) is 2.93. The molecule has 0 aromatic carbocycles. The van der Waals surface area contributed by atoms with Gasteiger partial charge in [0.1, 0.15) is 5.69 Å². The number of H-pyrrole nitrogens is 1. The molecule has 0 spiro atoms. The van der Waals surface area contributed by atoms with Gasteiger partial charge in [-0.15, -0.1) is 0 Å². The summed E-state index contributed by atoms with van der Waals surface area (Å²) in [5.41, 5.74) is 0.252. The van der Waals surface area contributed by atoms with Crippen LogP contribution in [0.5, 0.6) is 0 Å². The highest BCUT2D eigenvalue weighted by Crippen LogP contribution is 2.12. The van der Waals surface area contributed by atoms with E-state index in [0.717, 1.165) is 25.9 Å². The number of amides is 1. The van der Waals surface area contributed by atoms with Crippen LogP contribution in [0, 0.1) is 5.92 Å². The van der Waals surface area contributed by atoms with Gasteiger partial charge in [-0.25, -0.2) is 4.98 Å². The van der Waals surface area contributed by atoms with Crippen molar-refractivity contribution >= 4 is 11.6 Å². The van der Waals surface area contributed by atoms with Crippen molar-refractivity contribution in [1.82, 2.24) is 24.6 Å². The Balaban J connectivity index is 1.76. The Morgan fingerprint density at radius 2 is 2.43 bits per heavy atom. The van der Waals surface area contributed by atoms with E-state index < -0.39 is 0 Å². The smallest absolute Gasteiger partial charge is 0.291 e. The Morgan fingerprint density at radius 1 is 1.57 bits per heavy atom. The minimum Gasteiger partial charge on any atom is -0.340 e. The molecule has 1 aliphatic heterocycles. The van der Waals surface area contributed by atoms with Gasteiger partial charge in [0.25, 0.3) is 11.5 Å². The van der Waals surface area contributed by atoms with Crippen LogP contribution in [0.25, 0.3) is 5.65 Å². The van der Waals surface area contributed by atoms with Gasteiger partial charge in [0.15, 0.2) is 0 Å². The van der Waals surface area contributed by atoms with Gasteiger partial charge < -0.3 is 19.6 Å². The number of piperidine rings is 1. The Bertz CT molecular complexity index is 699. The lowest BCUT2D eigenvalue weighted by atomic mass is 9.99. The molecule has 1 unspecified atom stereocenters. The fourth-order valence-corrected chi connectivity index (χ4v) is 2.78. The van der Waals surface area contributed by atoms with E-state index in [1.807, 2.05) is 0 Å². The molecule has 2 N–H and O–H groups in total. The maximum Gasteiger partial charge on any atom is 0.291 e. The number of hydrogen-bond donors (Lipinski definition) is 2. The summed E-state index contributed by atoms with van der Waals surface area (Å²) in [5, 5.41) is 3.34. The maximum absolute atomic E-state index is 12.4. The summed E-state index contributed by atoms with van der Waals surface area (Å²) < 4.78 is 1.57. The summed E-state index contributed by atoms with van der Waals surface area (Å²) >= 11 is 0. The molecule has 1 fully saturated rings. The molecule has 0 saturated carbocycles. The zero-order valence-electron chi connectivity index (χ0n) is 12.0. The summed E-state index contributed by atoms with van der Waals surface area (Å²) in [6.45, 7) is 2.71. The number of imidazole rings is 1. The minimum atomic E-state index is -0.296. The largest absolute Gasteiger partial charge is 0.340 e. The topological polar surface area (TPSA) is 82.5 Å². The van der Waals surface area contributed by atoms with Crippen molar-refractivity contribution < 1.29 is 4.79 Å². The number of carbonyl (C=O) groups is 1. The van der Waals surface area contributed by atoms with Gasteiger partial charge >= 0.3 is 0 Å². The van der Waals surface area contributed by atoms with Crippen molar-refractivity contribution in [2.75, 3.05) is 26.7 Å². The molecule has 21 heavy (non-hydrogen) atoms. The van der Waals surface area contributed by atoms with Crippen LogP contribution in [0.2, 0.25) is 0 Å². The van der Waals surface area contributed by atoms with Gasteiger partial charge in [-0.3, -0.25) is 9.59 Å². The SMILES string of the molecule is CN(CC1CCCNC1)C(=O)c1cn2cc[nH]c(=O)c2n1. The standard InChI is InChI=1S/C14H19N5O2/c1-18(8-10-3-2-4-15-7-10)14(21)11-9-19-6-5-16-13(20)12(19)17-11/h5-6,9-10,15H,2-4,7-8H2,1H3,(H,16,20). The lowest BCUT2D eigenvalue weighted by Gasteiger charge is -2.27. The van der Waals surface area contributed by atoms with E-state index in [4.69, 9.17) is 0 Å². The molecule has 1 amide bonds. The fourth-order valence-electron chi connectivity index (χ4n) is 2.78. The second-order valence-corrected chi connectivity index (χ2v) is 5.54. The molecule has 0 bridgehead atoms. The van der Waals surface area contributed by atoms with Crippen LogP contribution in [0.4, 0.5) is 0 Å². The molecular weight excluding hydrogens is 270 g/mol. The first kappa shape index (κ1) is 13.8. The van der Waals surface area contributed by atoms with Crippen LogP contribution in [0.3, 0.4) is 0 Å². The molecule has 2 aromatic rings. The average molecular weight is 289 g/mol. The molecule has 3 rings (SSSR count). The first-order chi connectivity index (χ1) is 10.1. The number of fused-ring (bicyclic) bond motifs is 1. The predicted molar refractivity (Wildman–Crippen MR) is 78.4 cm³/mol. The number of nitrogens with one attached hydrogen (secondary N) is 2. The third-order valence-corrected chi connectivity index (χ3v) is 3.88.